The van der Waals surface area contributed by atoms with Gasteiger partial charge in [-0.05, 0) is 48.4 Å². The van der Waals surface area contributed by atoms with Crippen LogP contribution in [0, 0.1) is 12.7 Å². The van der Waals surface area contributed by atoms with Crippen LogP contribution >= 0.6 is 11.6 Å². The largest absolute Gasteiger partial charge is 0.379 e. The molecule has 0 unspecified atom stereocenters. The van der Waals surface area contributed by atoms with Gasteiger partial charge >= 0.3 is 0 Å². The van der Waals surface area contributed by atoms with Crippen molar-refractivity contribution < 1.29 is 9.13 Å². The van der Waals surface area contributed by atoms with Crippen LogP contribution < -0.4 is 0 Å². The second kappa shape index (κ2) is 6.79. The molecule has 25 heavy (non-hydrogen) atoms. The lowest BCUT2D eigenvalue weighted by atomic mass is 10.1. The lowest BCUT2D eigenvalue weighted by Gasteiger charge is -2.26. The van der Waals surface area contributed by atoms with Gasteiger partial charge in [-0.3, -0.25) is 4.90 Å². The predicted octanol–water partition coefficient (Wildman–Crippen LogP) is 4.56. The maximum atomic E-state index is 14.1. The molecule has 3 aromatic rings. The van der Waals surface area contributed by atoms with Crippen LogP contribution in [-0.2, 0) is 11.3 Å². The van der Waals surface area contributed by atoms with E-state index in [2.05, 4.69) is 11.0 Å². The Morgan fingerprint density at radius 2 is 1.92 bits per heavy atom. The monoisotopic (exact) mass is 358 g/mol. The van der Waals surface area contributed by atoms with Crippen LogP contribution in [0.3, 0.4) is 0 Å². The van der Waals surface area contributed by atoms with E-state index < -0.39 is 0 Å². The number of fused-ring (bicyclic) bond motifs is 1. The van der Waals surface area contributed by atoms with E-state index in [4.69, 9.17) is 16.3 Å². The normalized spacial score (nSPS) is 15.8. The van der Waals surface area contributed by atoms with E-state index >= 15 is 0 Å². The smallest absolute Gasteiger partial charge is 0.132 e. The molecule has 1 aromatic heterocycles. The Morgan fingerprint density at radius 1 is 1.12 bits per heavy atom. The highest BCUT2D eigenvalue weighted by Crippen LogP contribution is 2.28. The maximum absolute atomic E-state index is 14.1. The fourth-order valence-corrected chi connectivity index (χ4v) is 3.74. The van der Waals surface area contributed by atoms with E-state index in [0.717, 1.165) is 55.2 Å². The van der Waals surface area contributed by atoms with Crippen molar-refractivity contribution in [3.05, 3.63) is 64.6 Å². The first-order valence-corrected chi connectivity index (χ1v) is 8.86. The van der Waals surface area contributed by atoms with Crippen molar-refractivity contribution in [2.24, 2.45) is 0 Å². The van der Waals surface area contributed by atoms with E-state index in [1.54, 1.807) is 0 Å². The molecule has 5 heteroatoms. The number of aryl methyl sites for hydroxylation is 1. The highest BCUT2D eigenvalue weighted by molar-refractivity contribution is 6.30. The van der Waals surface area contributed by atoms with Gasteiger partial charge in [0.15, 0.2) is 0 Å². The third-order valence-electron chi connectivity index (χ3n) is 4.73. The van der Waals surface area contributed by atoms with Crippen LogP contribution in [0.4, 0.5) is 4.39 Å². The summed E-state index contributed by atoms with van der Waals surface area (Å²) in [6.45, 7) is 6.24. The Kier molecular flexibility index (Phi) is 4.50. The van der Waals surface area contributed by atoms with Crippen LogP contribution in [-0.4, -0.2) is 35.8 Å². The van der Waals surface area contributed by atoms with Gasteiger partial charge in [0.1, 0.15) is 5.82 Å². The van der Waals surface area contributed by atoms with E-state index in [9.17, 15) is 4.39 Å². The van der Waals surface area contributed by atoms with Crippen LogP contribution in [0.25, 0.3) is 16.6 Å². The molecule has 2 heterocycles. The maximum Gasteiger partial charge on any atom is 0.132 e. The van der Waals surface area contributed by atoms with E-state index in [1.807, 2.05) is 42.0 Å². The molecule has 0 aliphatic carbocycles. The molecule has 0 radical (unpaired) electrons. The molecule has 3 nitrogen and oxygen atoms in total. The molecule has 0 amide bonds. The summed E-state index contributed by atoms with van der Waals surface area (Å²) in [6.07, 6.45) is 1.91. The number of rotatable bonds is 3. The Morgan fingerprint density at radius 3 is 2.72 bits per heavy atom. The van der Waals surface area contributed by atoms with Crippen LogP contribution in [0.15, 0.2) is 42.6 Å². The average Bonchev–Trinajstić information content (AvgIpc) is 3.05. The van der Waals surface area contributed by atoms with Gasteiger partial charge in [0.2, 0.25) is 0 Å². The second-order valence-electron chi connectivity index (χ2n) is 6.52. The molecule has 0 bridgehead atoms. The summed E-state index contributed by atoms with van der Waals surface area (Å²) in [5, 5.41) is 1.33. The van der Waals surface area contributed by atoms with E-state index in [-0.39, 0.29) is 5.82 Å². The van der Waals surface area contributed by atoms with Crippen LogP contribution in [0.2, 0.25) is 5.02 Å². The van der Waals surface area contributed by atoms with Gasteiger partial charge in [0, 0.05) is 41.9 Å². The first kappa shape index (κ1) is 16.6. The molecule has 1 saturated heterocycles. The van der Waals surface area contributed by atoms with Crippen LogP contribution in [0.1, 0.15) is 11.1 Å². The first-order chi connectivity index (χ1) is 12.1. The zero-order valence-electron chi connectivity index (χ0n) is 14.1. The zero-order valence-corrected chi connectivity index (χ0v) is 14.9. The summed E-state index contributed by atoms with van der Waals surface area (Å²) in [7, 11) is 0. The van der Waals surface area contributed by atoms with Crippen molar-refractivity contribution in [3.63, 3.8) is 0 Å². The van der Waals surface area contributed by atoms with Crippen molar-refractivity contribution in [2.45, 2.75) is 13.5 Å². The minimum absolute atomic E-state index is 0.199. The Balaban J connectivity index is 1.74. The molecule has 1 fully saturated rings. The predicted molar refractivity (Wildman–Crippen MR) is 99.1 cm³/mol. The molecule has 0 atom stereocenters. The van der Waals surface area contributed by atoms with Gasteiger partial charge in [0.25, 0.3) is 0 Å². The minimum atomic E-state index is -0.199. The van der Waals surface area contributed by atoms with E-state index in [1.165, 1.54) is 6.07 Å². The SMILES string of the molecule is Cc1ccc(F)c2ccn(-c3cc(Cl)cc(CN4CCOCC4)c3)c12. The summed E-state index contributed by atoms with van der Waals surface area (Å²) >= 11 is 6.38. The lowest BCUT2D eigenvalue weighted by molar-refractivity contribution is 0.0342. The quantitative estimate of drug-likeness (QED) is 0.682. The van der Waals surface area contributed by atoms with Crippen molar-refractivity contribution >= 4 is 22.5 Å². The number of morpholine rings is 1. The summed E-state index contributed by atoms with van der Waals surface area (Å²) in [4.78, 5) is 2.36. The third kappa shape index (κ3) is 3.30. The lowest BCUT2D eigenvalue weighted by Crippen LogP contribution is -2.35. The van der Waals surface area contributed by atoms with Gasteiger partial charge in [0.05, 0.1) is 18.7 Å². The molecular formula is C20H20ClFN2O. The number of hydrogen-bond donors (Lipinski definition) is 0. The average molecular weight is 359 g/mol. The fourth-order valence-electron chi connectivity index (χ4n) is 3.49. The Labute approximate surface area is 151 Å². The number of ether oxygens (including phenoxy) is 1. The molecule has 1 aliphatic heterocycles. The summed E-state index contributed by atoms with van der Waals surface area (Å²) in [5.74, 6) is -0.199. The molecule has 0 saturated carbocycles. The zero-order chi connectivity index (χ0) is 17.4. The summed E-state index contributed by atoms with van der Waals surface area (Å²) in [5.41, 5.74) is 4.04. The first-order valence-electron chi connectivity index (χ1n) is 8.48. The highest BCUT2D eigenvalue weighted by Gasteiger charge is 2.14. The molecule has 4 rings (SSSR count). The van der Waals surface area contributed by atoms with Crippen molar-refractivity contribution in [2.75, 3.05) is 26.3 Å². The molecule has 1 aliphatic rings. The number of nitrogens with zero attached hydrogens (tertiary/aromatic N) is 2. The standard InChI is InChI=1S/C20H20ClFN2O/c1-14-2-3-19(22)18-4-5-24(20(14)18)17-11-15(10-16(21)12-17)13-23-6-8-25-9-7-23/h2-5,10-12H,6-9,13H2,1H3. The number of aromatic nitrogens is 1. The Hall–Kier alpha value is -1.88. The van der Waals surface area contributed by atoms with Gasteiger partial charge in [-0.2, -0.15) is 0 Å². The summed E-state index contributed by atoms with van der Waals surface area (Å²) < 4.78 is 21.5. The molecule has 2 aromatic carbocycles. The molecule has 0 spiro atoms. The summed E-state index contributed by atoms with van der Waals surface area (Å²) in [6, 6.07) is 11.2. The van der Waals surface area contributed by atoms with Gasteiger partial charge < -0.3 is 9.30 Å². The van der Waals surface area contributed by atoms with Gasteiger partial charge in [-0.1, -0.05) is 17.7 Å². The van der Waals surface area contributed by atoms with E-state index in [0.29, 0.717) is 10.4 Å². The van der Waals surface area contributed by atoms with Crippen molar-refractivity contribution in [1.82, 2.24) is 9.47 Å². The molecular weight excluding hydrogens is 339 g/mol. The molecule has 130 valence electrons. The van der Waals surface area contributed by atoms with Gasteiger partial charge in [-0.15, -0.1) is 0 Å². The minimum Gasteiger partial charge on any atom is -0.379 e. The number of halogens is 2. The topological polar surface area (TPSA) is 17.4 Å². The van der Waals surface area contributed by atoms with Crippen molar-refractivity contribution in [1.29, 1.82) is 0 Å². The Bertz CT molecular complexity index is 915. The van der Waals surface area contributed by atoms with Gasteiger partial charge in [-0.25, -0.2) is 4.39 Å². The third-order valence-corrected chi connectivity index (χ3v) is 4.95. The van der Waals surface area contributed by atoms with Crippen LogP contribution in [0.5, 0.6) is 0 Å². The number of benzene rings is 2. The number of hydrogen-bond acceptors (Lipinski definition) is 2. The highest BCUT2D eigenvalue weighted by atomic mass is 35.5. The van der Waals surface area contributed by atoms with Crippen molar-refractivity contribution in [3.8, 4) is 5.69 Å². The fraction of sp³-hybridized carbons (Fsp3) is 0.300. The second-order valence-corrected chi connectivity index (χ2v) is 6.95. The molecule has 0 N–H and O–H groups in total.